The minimum atomic E-state index is -3.46. The molecule has 6 nitrogen and oxygen atoms in total. The maximum absolute atomic E-state index is 12.2. The van der Waals surface area contributed by atoms with E-state index in [1.54, 1.807) is 24.3 Å². The molecule has 0 aromatic heterocycles. The summed E-state index contributed by atoms with van der Waals surface area (Å²) in [6.07, 6.45) is 1.76. The van der Waals surface area contributed by atoms with Crippen LogP contribution in [0.4, 0.5) is 5.69 Å². The standard InChI is InChI=1S/C21H27ClN2O4S/c1-16-7-4-5-8-20(16)28-15-17(2)23-21(25)9-6-14-24(29(3,26)27)19-12-10-18(22)11-13-19/h4-5,7-8,10-13,17H,6,9,14-15H2,1-3H3,(H,23,25)/t17-/m1/s1. The van der Waals surface area contributed by atoms with Crippen LogP contribution < -0.4 is 14.4 Å². The van der Waals surface area contributed by atoms with Crippen LogP contribution in [0.1, 0.15) is 25.3 Å². The second-order valence-electron chi connectivity index (χ2n) is 6.96. The van der Waals surface area contributed by atoms with Gasteiger partial charge in [-0.25, -0.2) is 8.42 Å². The molecule has 1 N–H and O–H groups in total. The number of ether oxygens (including phenoxy) is 1. The van der Waals surface area contributed by atoms with E-state index in [0.717, 1.165) is 17.6 Å². The summed E-state index contributed by atoms with van der Waals surface area (Å²) in [6.45, 7) is 4.40. The Hall–Kier alpha value is -2.25. The van der Waals surface area contributed by atoms with Crippen LogP contribution in [0.5, 0.6) is 5.75 Å². The van der Waals surface area contributed by atoms with Crippen molar-refractivity contribution in [2.45, 2.75) is 32.7 Å². The van der Waals surface area contributed by atoms with Crippen LogP contribution in [0.2, 0.25) is 5.02 Å². The van der Waals surface area contributed by atoms with Crippen LogP contribution in [-0.2, 0) is 14.8 Å². The monoisotopic (exact) mass is 438 g/mol. The average molecular weight is 439 g/mol. The molecule has 1 amide bonds. The number of halogens is 1. The number of hydrogen-bond donors (Lipinski definition) is 1. The molecular formula is C21H27ClN2O4S. The molecule has 158 valence electrons. The van der Waals surface area contributed by atoms with E-state index in [1.807, 2.05) is 38.1 Å². The summed E-state index contributed by atoms with van der Waals surface area (Å²) in [7, 11) is -3.46. The Kier molecular flexibility index (Phi) is 8.34. The predicted octanol–water partition coefficient (Wildman–Crippen LogP) is 3.78. The minimum absolute atomic E-state index is 0.143. The third kappa shape index (κ3) is 7.59. The van der Waals surface area contributed by atoms with Gasteiger partial charge in [0.2, 0.25) is 15.9 Å². The van der Waals surface area contributed by atoms with Gasteiger partial charge in [-0.1, -0.05) is 29.8 Å². The maximum Gasteiger partial charge on any atom is 0.232 e. The molecule has 0 bridgehead atoms. The number of sulfonamides is 1. The van der Waals surface area contributed by atoms with E-state index in [4.69, 9.17) is 16.3 Å². The van der Waals surface area contributed by atoms with Crippen LogP contribution in [0, 0.1) is 6.92 Å². The Labute approximate surface area is 177 Å². The predicted molar refractivity (Wildman–Crippen MR) is 117 cm³/mol. The summed E-state index contributed by atoms with van der Waals surface area (Å²) in [4.78, 5) is 12.2. The van der Waals surface area contributed by atoms with E-state index >= 15 is 0 Å². The number of rotatable bonds is 10. The van der Waals surface area contributed by atoms with Crippen molar-refractivity contribution >= 4 is 33.2 Å². The summed E-state index contributed by atoms with van der Waals surface area (Å²) in [5, 5.41) is 3.41. The molecule has 0 spiro atoms. The Morgan fingerprint density at radius 3 is 2.45 bits per heavy atom. The lowest BCUT2D eigenvalue weighted by molar-refractivity contribution is -0.121. The highest BCUT2D eigenvalue weighted by atomic mass is 35.5. The van der Waals surface area contributed by atoms with Gasteiger partial charge in [-0.05, 0) is 56.2 Å². The maximum atomic E-state index is 12.2. The van der Waals surface area contributed by atoms with Gasteiger partial charge in [0, 0.05) is 18.0 Å². The van der Waals surface area contributed by atoms with Crippen molar-refractivity contribution in [3.05, 3.63) is 59.1 Å². The summed E-state index contributed by atoms with van der Waals surface area (Å²) in [5.41, 5.74) is 1.56. The lowest BCUT2D eigenvalue weighted by Crippen LogP contribution is -2.37. The van der Waals surface area contributed by atoms with Gasteiger partial charge in [0.05, 0.1) is 18.0 Å². The van der Waals surface area contributed by atoms with E-state index in [0.29, 0.717) is 23.7 Å². The Bertz CT molecular complexity index is 917. The van der Waals surface area contributed by atoms with E-state index in [1.165, 1.54) is 4.31 Å². The normalized spacial score (nSPS) is 12.3. The SMILES string of the molecule is Cc1ccccc1OC[C@@H](C)NC(=O)CCCN(c1ccc(Cl)cc1)S(C)(=O)=O. The molecule has 0 saturated carbocycles. The lowest BCUT2D eigenvalue weighted by Gasteiger charge is -2.22. The Morgan fingerprint density at radius 2 is 1.83 bits per heavy atom. The fourth-order valence-electron chi connectivity index (χ4n) is 2.80. The van der Waals surface area contributed by atoms with Crippen molar-refractivity contribution in [1.29, 1.82) is 0 Å². The molecule has 29 heavy (non-hydrogen) atoms. The van der Waals surface area contributed by atoms with Gasteiger partial charge in [-0.15, -0.1) is 0 Å². The molecule has 8 heteroatoms. The topological polar surface area (TPSA) is 75.7 Å². The number of aryl methyl sites for hydroxylation is 1. The zero-order valence-corrected chi connectivity index (χ0v) is 18.5. The molecule has 0 fully saturated rings. The molecule has 2 aromatic carbocycles. The van der Waals surface area contributed by atoms with Crippen LogP contribution in [0.3, 0.4) is 0 Å². The van der Waals surface area contributed by atoms with Crippen molar-refractivity contribution in [3.8, 4) is 5.75 Å². The summed E-state index contributed by atoms with van der Waals surface area (Å²) in [6, 6.07) is 14.1. The van der Waals surface area contributed by atoms with E-state index < -0.39 is 10.0 Å². The zero-order chi connectivity index (χ0) is 21.4. The highest BCUT2D eigenvalue weighted by Crippen LogP contribution is 2.21. The van der Waals surface area contributed by atoms with Gasteiger partial charge in [0.1, 0.15) is 12.4 Å². The number of anilines is 1. The van der Waals surface area contributed by atoms with Gasteiger partial charge in [-0.2, -0.15) is 0 Å². The van der Waals surface area contributed by atoms with Gasteiger partial charge in [0.15, 0.2) is 0 Å². The minimum Gasteiger partial charge on any atom is -0.491 e. The number of benzene rings is 2. The summed E-state index contributed by atoms with van der Waals surface area (Å²) >= 11 is 5.87. The van der Waals surface area contributed by atoms with E-state index in [9.17, 15) is 13.2 Å². The molecule has 2 rings (SSSR count). The molecule has 0 radical (unpaired) electrons. The first-order chi connectivity index (χ1) is 13.7. The van der Waals surface area contributed by atoms with Crippen LogP contribution in [0.25, 0.3) is 0 Å². The Morgan fingerprint density at radius 1 is 1.17 bits per heavy atom. The van der Waals surface area contributed by atoms with Crippen LogP contribution in [0.15, 0.2) is 48.5 Å². The van der Waals surface area contributed by atoms with Crippen molar-refractivity contribution < 1.29 is 17.9 Å². The fraction of sp³-hybridized carbons (Fsp3) is 0.381. The molecule has 0 unspecified atom stereocenters. The fourth-order valence-corrected chi connectivity index (χ4v) is 3.89. The zero-order valence-electron chi connectivity index (χ0n) is 16.9. The summed E-state index contributed by atoms with van der Waals surface area (Å²) < 4.78 is 31.2. The average Bonchev–Trinajstić information content (AvgIpc) is 2.64. The van der Waals surface area contributed by atoms with E-state index in [2.05, 4.69) is 5.32 Å². The second-order valence-corrected chi connectivity index (χ2v) is 9.30. The van der Waals surface area contributed by atoms with Gasteiger partial charge < -0.3 is 10.1 Å². The molecule has 0 heterocycles. The van der Waals surface area contributed by atoms with Gasteiger partial charge in [-0.3, -0.25) is 9.10 Å². The summed E-state index contributed by atoms with van der Waals surface area (Å²) in [5.74, 6) is 0.649. The number of hydrogen-bond acceptors (Lipinski definition) is 4. The van der Waals surface area contributed by atoms with Crippen LogP contribution in [-0.4, -0.2) is 39.8 Å². The Balaban J connectivity index is 1.81. The largest absolute Gasteiger partial charge is 0.491 e. The van der Waals surface area contributed by atoms with E-state index in [-0.39, 0.29) is 24.9 Å². The van der Waals surface area contributed by atoms with Crippen LogP contribution >= 0.6 is 11.6 Å². The molecule has 0 saturated heterocycles. The molecule has 1 atom stereocenters. The van der Waals surface area contributed by atoms with Crippen molar-refractivity contribution in [2.75, 3.05) is 23.7 Å². The van der Waals surface area contributed by atoms with Gasteiger partial charge in [0.25, 0.3) is 0 Å². The smallest absolute Gasteiger partial charge is 0.232 e. The van der Waals surface area contributed by atoms with Crippen molar-refractivity contribution in [3.63, 3.8) is 0 Å². The highest BCUT2D eigenvalue weighted by Gasteiger charge is 2.18. The molecular weight excluding hydrogens is 412 g/mol. The second kappa shape index (κ2) is 10.5. The number of carbonyl (C=O) groups is 1. The third-order valence-corrected chi connectivity index (χ3v) is 5.72. The first-order valence-electron chi connectivity index (χ1n) is 9.38. The number of amides is 1. The molecule has 2 aromatic rings. The van der Waals surface area contributed by atoms with Crippen molar-refractivity contribution in [2.24, 2.45) is 0 Å². The quantitative estimate of drug-likeness (QED) is 0.612. The number of nitrogens with zero attached hydrogens (tertiary/aromatic N) is 1. The van der Waals surface area contributed by atoms with Gasteiger partial charge >= 0.3 is 0 Å². The molecule has 0 aliphatic rings. The first-order valence-corrected chi connectivity index (χ1v) is 11.6. The molecule has 0 aliphatic carbocycles. The number of para-hydroxylation sites is 1. The van der Waals surface area contributed by atoms with Crippen molar-refractivity contribution in [1.82, 2.24) is 5.32 Å². The molecule has 0 aliphatic heterocycles. The number of carbonyl (C=O) groups excluding carboxylic acids is 1. The highest BCUT2D eigenvalue weighted by molar-refractivity contribution is 7.92. The third-order valence-electron chi connectivity index (χ3n) is 4.27. The lowest BCUT2D eigenvalue weighted by atomic mass is 10.2. The number of nitrogens with one attached hydrogen (secondary N) is 1. The first kappa shape index (κ1) is 23.0.